The summed E-state index contributed by atoms with van der Waals surface area (Å²) in [6, 6.07) is 4.01. The zero-order chi connectivity index (χ0) is 17.8. The maximum absolute atomic E-state index is 12.4. The lowest BCUT2D eigenvalue weighted by atomic mass is 9.72. The molecule has 4 rings (SSSR count). The first-order chi connectivity index (χ1) is 12.7. The fraction of sp³-hybridized carbons (Fsp3) is 0.714. The summed E-state index contributed by atoms with van der Waals surface area (Å²) < 4.78 is 5.91. The van der Waals surface area contributed by atoms with Gasteiger partial charge in [0.15, 0.2) is 0 Å². The minimum Gasteiger partial charge on any atom is -0.377 e. The smallest absolute Gasteiger partial charge is 0.222 e. The monoisotopic (exact) mass is 357 g/mol. The van der Waals surface area contributed by atoms with Crippen LogP contribution >= 0.6 is 0 Å². The summed E-state index contributed by atoms with van der Waals surface area (Å²) in [5, 5.41) is 0. The van der Waals surface area contributed by atoms with Crippen LogP contribution in [0.5, 0.6) is 0 Å². The molecule has 5 heteroatoms. The van der Waals surface area contributed by atoms with Crippen LogP contribution in [-0.4, -0.2) is 59.6 Å². The number of piperidine rings is 2. The van der Waals surface area contributed by atoms with E-state index in [2.05, 4.69) is 20.9 Å². The SMILES string of the molecule is O=C1CCC2(CCN(C[C@H]3CCCCO3)CC2)CN1Cc1cccnc1. The first-order valence-corrected chi connectivity index (χ1v) is 10.2. The molecule has 0 aliphatic carbocycles. The van der Waals surface area contributed by atoms with E-state index in [4.69, 9.17) is 4.74 Å². The van der Waals surface area contributed by atoms with E-state index in [0.717, 1.165) is 44.8 Å². The van der Waals surface area contributed by atoms with E-state index in [1.54, 1.807) is 6.20 Å². The summed E-state index contributed by atoms with van der Waals surface area (Å²) in [7, 11) is 0. The molecule has 5 nitrogen and oxygen atoms in total. The van der Waals surface area contributed by atoms with Crippen LogP contribution in [0.25, 0.3) is 0 Å². The van der Waals surface area contributed by atoms with Crippen molar-refractivity contribution < 1.29 is 9.53 Å². The van der Waals surface area contributed by atoms with Gasteiger partial charge in [-0.25, -0.2) is 0 Å². The first kappa shape index (κ1) is 17.9. The van der Waals surface area contributed by atoms with Crippen molar-refractivity contribution in [3.05, 3.63) is 30.1 Å². The fourth-order valence-electron chi connectivity index (χ4n) is 4.82. The Balaban J connectivity index is 1.32. The molecule has 3 aliphatic rings. The maximum Gasteiger partial charge on any atom is 0.222 e. The average molecular weight is 357 g/mol. The molecule has 0 N–H and O–H groups in total. The van der Waals surface area contributed by atoms with Gasteiger partial charge in [-0.2, -0.15) is 0 Å². The van der Waals surface area contributed by atoms with Crippen molar-refractivity contribution in [2.24, 2.45) is 5.41 Å². The molecule has 1 aromatic heterocycles. The number of carbonyl (C=O) groups is 1. The zero-order valence-electron chi connectivity index (χ0n) is 15.7. The van der Waals surface area contributed by atoms with Gasteiger partial charge in [0.05, 0.1) is 6.10 Å². The molecule has 4 heterocycles. The van der Waals surface area contributed by atoms with Gasteiger partial charge in [-0.05, 0) is 68.7 Å². The van der Waals surface area contributed by atoms with E-state index < -0.39 is 0 Å². The summed E-state index contributed by atoms with van der Waals surface area (Å²) in [6.45, 7) is 5.94. The summed E-state index contributed by atoms with van der Waals surface area (Å²) in [4.78, 5) is 21.3. The Hall–Kier alpha value is -1.46. The topological polar surface area (TPSA) is 45.7 Å². The highest BCUT2D eigenvalue weighted by Crippen LogP contribution is 2.40. The largest absolute Gasteiger partial charge is 0.377 e. The van der Waals surface area contributed by atoms with Crippen molar-refractivity contribution >= 4 is 5.91 Å². The van der Waals surface area contributed by atoms with Crippen molar-refractivity contribution in [3.63, 3.8) is 0 Å². The lowest BCUT2D eigenvalue weighted by molar-refractivity contribution is -0.140. The second-order valence-corrected chi connectivity index (χ2v) is 8.40. The molecule has 0 radical (unpaired) electrons. The number of amides is 1. The molecule has 1 atom stereocenters. The van der Waals surface area contributed by atoms with Gasteiger partial charge in [0.1, 0.15) is 0 Å². The van der Waals surface area contributed by atoms with Crippen LogP contribution in [0.15, 0.2) is 24.5 Å². The van der Waals surface area contributed by atoms with Crippen molar-refractivity contribution in [2.75, 3.05) is 32.8 Å². The van der Waals surface area contributed by atoms with Crippen LogP contribution in [-0.2, 0) is 16.1 Å². The quantitative estimate of drug-likeness (QED) is 0.831. The van der Waals surface area contributed by atoms with Gasteiger partial charge in [0.25, 0.3) is 0 Å². The van der Waals surface area contributed by atoms with Gasteiger partial charge in [0.2, 0.25) is 5.91 Å². The van der Waals surface area contributed by atoms with Gasteiger partial charge in [0, 0.05) is 45.1 Å². The van der Waals surface area contributed by atoms with E-state index in [9.17, 15) is 4.79 Å². The summed E-state index contributed by atoms with van der Waals surface area (Å²) >= 11 is 0. The van der Waals surface area contributed by atoms with Crippen molar-refractivity contribution in [2.45, 2.75) is 57.6 Å². The molecule has 0 bridgehead atoms. The number of nitrogens with zero attached hydrogens (tertiary/aromatic N) is 3. The van der Waals surface area contributed by atoms with Gasteiger partial charge in [-0.1, -0.05) is 6.07 Å². The Bertz CT molecular complexity index is 593. The zero-order valence-corrected chi connectivity index (χ0v) is 15.7. The predicted molar refractivity (Wildman–Crippen MR) is 101 cm³/mol. The number of likely N-dealkylation sites (tertiary alicyclic amines) is 2. The second-order valence-electron chi connectivity index (χ2n) is 8.40. The van der Waals surface area contributed by atoms with Crippen LogP contribution in [0, 0.1) is 5.41 Å². The third-order valence-electron chi connectivity index (χ3n) is 6.50. The molecule has 0 saturated carbocycles. The Morgan fingerprint density at radius 1 is 1.23 bits per heavy atom. The second kappa shape index (κ2) is 8.05. The molecular weight excluding hydrogens is 326 g/mol. The number of carbonyl (C=O) groups excluding carboxylic acids is 1. The molecule has 26 heavy (non-hydrogen) atoms. The number of hydrogen-bond donors (Lipinski definition) is 0. The van der Waals surface area contributed by atoms with Gasteiger partial charge >= 0.3 is 0 Å². The van der Waals surface area contributed by atoms with Crippen LogP contribution in [0.2, 0.25) is 0 Å². The molecule has 1 amide bonds. The molecule has 1 aromatic rings. The highest BCUT2D eigenvalue weighted by molar-refractivity contribution is 5.77. The number of rotatable bonds is 4. The molecule has 0 unspecified atom stereocenters. The Kier molecular flexibility index (Phi) is 5.55. The number of ether oxygens (including phenoxy) is 1. The van der Waals surface area contributed by atoms with Crippen LogP contribution in [0.3, 0.4) is 0 Å². The molecular formula is C21H31N3O2. The Morgan fingerprint density at radius 3 is 2.85 bits per heavy atom. The standard InChI is InChI=1S/C21H31N3O2/c25-20-6-7-21(17-24(20)15-18-4-3-10-22-14-18)8-11-23(12-9-21)16-19-5-1-2-13-26-19/h3-4,10,14,19H,1-2,5-9,11-13,15-17H2/t19-/m1/s1. The van der Waals surface area contributed by atoms with Crippen LogP contribution in [0.4, 0.5) is 0 Å². The lowest BCUT2D eigenvalue weighted by Gasteiger charge is -2.48. The highest BCUT2D eigenvalue weighted by Gasteiger charge is 2.41. The van der Waals surface area contributed by atoms with Crippen molar-refractivity contribution in [1.82, 2.24) is 14.8 Å². The normalized spacial score (nSPS) is 27.0. The molecule has 3 aliphatic heterocycles. The van der Waals surface area contributed by atoms with Crippen LogP contribution < -0.4 is 0 Å². The fourth-order valence-corrected chi connectivity index (χ4v) is 4.82. The predicted octanol–water partition coefficient (Wildman–Crippen LogP) is 2.86. The van der Waals surface area contributed by atoms with Crippen molar-refractivity contribution in [3.8, 4) is 0 Å². The summed E-state index contributed by atoms with van der Waals surface area (Å²) in [5.41, 5.74) is 1.45. The average Bonchev–Trinajstić information content (AvgIpc) is 2.69. The van der Waals surface area contributed by atoms with Gasteiger partial charge < -0.3 is 14.5 Å². The third-order valence-corrected chi connectivity index (χ3v) is 6.50. The molecule has 0 aromatic carbocycles. The third kappa shape index (κ3) is 4.26. The van der Waals surface area contributed by atoms with E-state index in [1.807, 2.05) is 12.3 Å². The van der Waals surface area contributed by atoms with Gasteiger partial charge in [-0.3, -0.25) is 9.78 Å². The minimum atomic E-state index is 0.303. The first-order valence-electron chi connectivity index (χ1n) is 10.2. The number of hydrogen-bond acceptors (Lipinski definition) is 4. The number of pyridine rings is 1. The molecule has 1 spiro atoms. The van der Waals surface area contributed by atoms with E-state index in [1.165, 1.54) is 32.1 Å². The van der Waals surface area contributed by atoms with Crippen molar-refractivity contribution in [1.29, 1.82) is 0 Å². The Labute approximate surface area is 156 Å². The van der Waals surface area contributed by atoms with Gasteiger partial charge in [-0.15, -0.1) is 0 Å². The highest BCUT2D eigenvalue weighted by atomic mass is 16.5. The van der Waals surface area contributed by atoms with E-state index in [-0.39, 0.29) is 0 Å². The summed E-state index contributed by atoms with van der Waals surface area (Å²) in [5.74, 6) is 0.303. The maximum atomic E-state index is 12.4. The Morgan fingerprint density at radius 2 is 2.12 bits per heavy atom. The van der Waals surface area contributed by atoms with Crippen LogP contribution in [0.1, 0.15) is 50.5 Å². The summed E-state index contributed by atoms with van der Waals surface area (Å²) in [6.07, 6.45) is 12.0. The molecule has 3 saturated heterocycles. The van der Waals surface area contributed by atoms with E-state index >= 15 is 0 Å². The minimum absolute atomic E-state index is 0.303. The molecule has 142 valence electrons. The molecule has 3 fully saturated rings. The lowest BCUT2D eigenvalue weighted by Crippen LogP contribution is -2.52. The van der Waals surface area contributed by atoms with E-state index in [0.29, 0.717) is 30.4 Å². The number of aromatic nitrogens is 1.